The molecule has 1 aromatic carbocycles. The molecule has 0 radical (unpaired) electrons. The van der Waals surface area contributed by atoms with E-state index in [0.717, 1.165) is 5.41 Å². The quantitative estimate of drug-likeness (QED) is 0.827. The van der Waals surface area contributed by atoms with Gasteiger partial charge in [0.05, 0.1) is 10.3 Å². The molecule has 0 saturated carbocycles. The van der Waals surface area contributed by atoms with Crippen molar-refractivity contribution in [3.63, 3.8) is 0 Å². The highest BCUT2D eigenvalue weighted by atomic mass is 32.2. The zero-order valence-electron chi connectivity index (χ0n) is 8.71. The van der Waals surface area contributed by atoms with E-state index < -0.39 is 9.84 Å². The fourth-order valence-corrected chi connectivity index (χ4v) is 2.14. The maximum atomic E-state index is 11.8. The molecule has 0 aliphatic carbocycles. The van der Waals surface area contributed by atoms with Crippen LogP contribution in [0, 0.1) is 0 Å². The predicted octanol–water partition coefficient (Wildman–Crippen LogP) is 0.779. The van der Waals surface area contributed by atoms with E-state index in [9.17, 15) is 8.42 Å². The molecule has 0 aliphatic heterocycles. The molecule has 2 N–H and O–H groups in total. The summed E-state index contributed by atoms with van der Waals surface area (Å²) in [4.78, 5) is 1.79. The van der Waals surface area contributed by atoms with Gasteiger partial charge in [0.1, 0.15) is 5.82 Å². The van der Waals surface area contributed by atoms with Crippen LogP contribution in [0.1, 0.15) is 0 Å². The van der Waals surface area contributed by atoms with Gasteiger partial charge in [0, 0.05) is 14.1 Å². The van der Waals surface area contributed by atoms with Crippen molar-refractivity contribution in [3.8, 4) is 0 Å². The summed E-state index contributed by atoms with van der Waals surface area (Å²) in [6.45, 7) is 0. The summed E-state index contributed by atoms with van der Waals surface area (Å²) in [5.41, 5.74) is 5.55. The van der Waals surface area contributed by atoms with Crippen LogP contribution in [0.25, 0.3) is 0 Å². The summed E-state index contributed by atoms with van der Waals surface area (Å²) in [5.74, 6) is 0.207. The number of rotatable bonds is 3. The van der Waals surface area contributed by atoms with Gasteiger partial charge in [-0.05, 0) is 12.1 Å². The van der Waals surface area contributed by atoms with Crippen molar-refractivity contribution in [1.29, 1.82) is 0 Å². The van der Waals surface area contributed by atoms with Crippen LogP contribution in [0.3, 0.4) is 0 Å². The topological polar surface area (TPSA) is 63.4 Å². The monoisotopic (exact) mass is 226 g/mol. The van der Waals surface area contributed by atoms with Crippen molar-refractivity contribution in [3.05, 3.63) is 41.6 Å². The normalized spacial score (nSPS) is 12.5. The van der Waals surface area contributed by atoms with E-state index in [1.54, 1.807) is 37.2 Å². The molecule has 0 unspecified atom stereocenters. The minimum Gasteiger partial charge on any atom is -0.385 e. The Labute approximate surface area is 89.9 Å². The van der Waals surface area contributed by atoms with Crippen molar-refractivity contribution < 1.29 is 8.42 Å². The Morgan fingerprint density at radius 2 is 1.80 bits per heavy atom. The Hall–Kier alpha value is -1.49. The van der Waals surface area contributed by atoms with Crippen molar-refractivity contribution >= 4 is 9.84 Å². The van der Waals surface area contributed by atoms with E-state index >= 15 is 0 Å². The van der Waals surface area contributed by atoms with Crippen LogP contribution in [0.15, 0.2) is 46.5 Å². The first-order valence-electron chi connectivity index (χ1n) is 4.38. The third-order valence-corrected chi connectivity index (χ3v) is 3.35. The molecule has 4 nitrogen and oxygen atoms in total. The molecule has 0 atom stereocenters. The van der Waals surface area contributed by atoms with Gasteiger partial charge in [-0.2, -0.15) is 0 Å². The second-order valence-electron chi connectivity index (χ2n) is 3.30. The molecular formula is C10H14N2O2S. The minimum absolute atomic E-state index is 0.207. The molecule has 0 aromatic heterocycles. The summed E-state index contributed by atoms with van der Waals surface area (Å²) < 4.78 is 23.5. The van der Waals surface area contributed by atoms with E-state index in [-0.39, 0.29) is 10.7 Å². The van der Waals surface area contributed by atoms with Crippen LogP contribution >= 0.6 is 0 Å². The molecule has 0 saturated heterocycles. The van der Waals surface area contributed by atoms with Crippen LogP contribution in [0.5, 0.6) is 0 Å². The molecule has 0 heterocycles. The van der Waals surface area contributed by atoms with E-state index in [0.29, 0.717) is 0 Å². The summed E-state index contributed by atoms with van der Waals surface area (Å²) in [6, 6.07) is 8.18. The van der Waals surface area contributed by atoms with Gasteiger partial charge in [-0.15, -0.1) is 0 Å². The third-order valence-electron chi connectivity index (χ3n) is 1.86. The van der Waals surface area contributed by atoms with Crippen molar-refractivity contribution in [2.24, 2.45) is 5.73 Å². The van der Waals surface area contributed by atoms with Gasteiger partial charge in [-0.3, -0.25) is 0 Å². The second-order valence-corrected chi connectivity index (χ2v) is 5.09. The van der Waals surface area contributed by atoms with E-state index in [2.05, 4.69) is 0 Å². The second kappa shape index (κ2) is 4.35. The minimum atomic E-state index is -3.43. The van der Waals surface area contributed by atoms with Crippen molar-refractivity contribution in [2.75, 3.05) is 14.1 Å². The standard InChI is InChI=1S/C10H14N2O2S/c1-12(2)10(11)8-15(13,14)9-6-4-3-5-7-9/h3-8H,11H2,1-2H3/b10-8+. The number of hydrogen-bond acceptors (Lipinski definition) is 4. The van der Waals surface area contributed by atoms with Crippen molar-refractivity contribution in [1.82, 2.24) is 4.90 Å². The van der Waals surface area contributed by atoms with Gasteiger partial charge in [-0.1, -0.05) is 18.2 Å². The Morgan fingerprint density at radius 1 is 1.27 bits per heavy atom. The van der Waals surface area contributed by atoms with Crippen LogP contribution in [-0.2, 0) is 9.84 Å². The number of hydrogen-bond donors (Lipinski definition) is 1. The SMILES string of the molecule is CN(C)/C(N)=C/S(=O)(=O)c1ccccc1. The highest BCUT2D eigenvalue weighted by molar-refractivity contribution is 7.94. The first-order chi connectivity index (χ1) is 6.93. The summed E-state index contributed by atoms with van der Waals surface area (Å²) in [6.07, 6.45) is 0. The van der Waals surface area contributed by atoms with Gasteiger partial charge in [0.15, 0.2) is 0 Å². The number of nitrogens with two attached hydrogens (primary N) is 1. The molecule has 15 heavy (non-hydrogen) atoms. The number of benzene rings is 1. The maximum absolute atomic E-state index is 11.8. The average molecular weight is 226 g/mol. The lowest BCUT2D eigenvalue weighted by Gasteiger charge is -2.11. The van der Waals surface area contributed by atoms with Crippen LogP contribution in [0.2, 0.25) is 0 Å². The van der Waals surface area contributed by atoms with E-state index in [1.807, 2.05) is 0 Å². The van der Waals surface area contributed by atoms with E-state index in [1.165, 1.54) is 12.1 Å². The average Bonchev–Trinajstić information content (AvgIpc) is 2.18. The van der Waals surface area contributed by atoms with Gasteiger partial charge >= 0.3 is 0 Å². The maximum Gasteiger partial charge on any atom is 0.203 e. The number of nitrogens with zero attached hydrogens (tertiary/aromatic N) is 1. The first-order valence-corrected chi connectivity index (χ1v) is 5.93. The Balaban J connectivity index is 3.11. The number of sulfone groups is 1. The molecule has 0 spiro atoms. The summed E-state index contributed by atoms with van der Waals surface area (Å²) in [5, 5.41) is 1.06. The van der Waals surface area contributed by atoms with Crippen LogP contribution in [0.4, 0.5) is 0 Å². The smallest absolute Gasteiger partial charge is 0.203 e. The Morgan fingerprint density at radius 3 is 2.27 bits per heavy atom. The van der Waals surface area contributed by atoms with Crippen LogP contribution in [-0.4, -0.2) is 27.4 Å². The zero-order chi connectivity index (χ0) is 11.5. The van der Waals surface area contributed by atoms with Gasteiger partial charge in [-0.25, -0.2) is 8.42 Å². The predicted molar refractivity (Wildman–Crippen MR) is 59.6 cm³/mol. The molecule has 1 rings (SSSR count). The highest BCUT2D eigenvalue weighted by Crippen LogP contribution is 2.12. The fraction of sp³-hybridized carbons (Fsp3) is 0.200. The molecule has 0 aliphatic rings. The van der Waals surface area contributed by atoms with E-state index in [4.69, 9.17) is 5.73 Å². The Kier molecular flexibility index (Phi) is 3.36. The molecule has 0 fully saturated rings. The molecule has 1 aromatic rings. The molecule has 5 heteroatoms. The highest BCUT2D eigenvalue weighted by Gasteiger charge is 2.11. The lowest BCUT2D eigenvalue weighted by molar-refractivity contribution is 0.506. The van der Waals surface area contributed by atoms with Crippen LogP contribution < -0.4 is 5.73 Å². The lowest BCUT2D eigenvalue weighted by Crippen LogP contribution is -2.19. The van der Waals surface area contributed by atoms with Gasteiger partial charge in [0.25, 0.3) is 0 Å². The van der Waals surface area contributed by atoms with Crippen molar-refractivity contribution in [2.45, 2.75) is 4.90 Å². The molecule has 0 bridgehead atoms. The fourth-order valence-electron chi connectivity index (χ4n) is 0.943. The molecule has 0 amide bonds. The lowest BCUT2D eigenvalue weighted by atomic mass is 10.4. The third kappa shape index (κ3) is 2.99. The molecular weight excluding hydrogens is 212 g/mol. The molecule has 82 valence electrons. The summed E-state index contributed by atoms with van der Waals surface area (Å²) >= 11 is 0. The van der Waals surface area contributed by atoms with Gasteiger partial charge < -0.3 is 10.6 Å². The van der Waals surface area contributed by atoms with Gasteiger partial charge in [0.2, 0.25) is 9.84 Å². The summed E-state index contributed by atoms with van der Waals surface area (Å²) in [7, 11) is -0.0595. The largest absolute Gasteiger partial charge is 0.385 e. The zero-order valence-corrected chi connectivity index (χ0v) is 9.53. The first kappa shape index (κ1) is 11.6. The Bertz CT molecular complexity index is 450.